The van der Waals surface area contributed by atoms with E-state index in [0.29, 0.717) is 13.2 Å². The summed E-state index contributed by atoms with van der Waals surface area (Å²) in [7, 11) is 0. The van der Waals surface area contributed by atoms with Crippen LogP contribution in [0, 0.1) is 0 Å². The van der Waals surface area contributed by atoms with Crippen molar-refractivity contribution < 1.29 is 4.74 Å². The Bertz CT molecular complexity index is 1010. The van der Waals surface area contributed by atoms with Crippen molar-refractivity contribution in [1.29, 1.82) is 0 Å². The van der Waals surface area contributed by atoms with Gasteiger partial charge in [0.05, 0.1) is 31.0 Å². The summed E-state index contributed by atoms with van der Waals surface area (Å²) in [6.45, 7) is 1.87. The summed E-state index contributed by atoms with van der Waals surface area (Å²) in [6, 6.07) is 10.3. The molecule has 2 N–H and O–H groups in total. The Morgan fingerprint density at radius 3 is 3.15 bits per heavy atom. The number of ether oxygens (including phenoxy) is 1. The van der Waals surface area contributed by atoms with Gasteiger partial charge in [-0.3, -0.25) is 4.79 Å². The smallest absolute Gasteiger partial charge is 0.267 e. The SMILES string of the molecule is O=c1cc2c(nn1C1COCC1NCc1ccc3[nH]ccc3c1)CCC2. The Hall–Kier alpha value is -2.44. The molecule has 0 bridgehead atoms. The minimum absolute atomic E-state index is 0.0123. The first-order valence-electron chi connectivity index (χ1n) is 9.27. The predicted molar refractivity (Wildman–Crippen MR) is 99.3 cm³/mol. The van der Waals surface area contributed by atoms with Crippen LogP contribution in [-0.2, 0) is 24.1 Å². The van der Waals surface area contributed by atoms with Gasteiger partial charge in [0.25, 0.3) is 5.56 Å². The molecule has 2 aromatic heterocycles. The van der Waals surface area contributed by atoms with Crippen LogP contribution in [0.3, 0.4) is 0 Å². The quantitative estimate of drug-likeness (QED) is 0.754. The van der Waals surface area contributed by atoms with Crippen LogP contribution in [0.4, 0.5) is 0 Å². The highest BCUT2D eigenvalue weighted by Crippen LogP contribution is 2.22. The molecule has 0 spiro atoms. The van der Waals surface area contributed by atoms with Crippen molar-refractivity contribution in [2.24, 2.45) is 0 Å². The maximum atomic E-state index is 12.5. The number of aromatic amines is 1. The van der Waals surface area contributed by atoms with Gasteiger partial charge in [0, 0.05) is 24.3 Å². The zero-order valence-corrected chi connectivity index (χ0v) is 14.6. The number of nitrogens with zero attached hydrogens (tertiary/aromatic N) is 2. The summed E-state index contributed by atoms with van der Waals surface area (Å²) in [5, 5.41) is 9.43. The molecule has 6 nitrogen and oxygen atoms in total. The van der Waals surface area contributed by atoms with Gasteiger partial charge in [-0.1, -0.05) is 6.07 Å². The van der Waals surface area contributed by atoms with E-state index in [0.717, 1.165) is 42.6 Å². The molecule has 6 heteroatoms. The number of nitrogens with one attached hydrogen (secondary N) is 2. The lowest BCUT2D eigenvalue weighted by Gasteiger charge is -2.21. The van der Waals surface area contributed by atoms with Gasteiger partial charge in [-0.2, -0.15) is 5.10 Å². The van der Waals surface area contributed by atoms with Crippen LogP contribution in [-0.4, -0.2) is 34.0 Å². The molecule has 3 aromatic rings. The Balaban J connectivity index is 1.35. The predicted octanol–water partition coefficient (Wildman–Crippen LogP) is 1.94. The lowest BCUT2D eigenvalue weighted by molar-refractivity contribution is 0.180. The molecule has 0 radical (unpaired) electrons. The molecular weight excluding hydrogens is 328 g/mol. The molecule has 134 valence electrons. The Morgan fingerprint density at radius 2 is 2.19 bits per heavy atom. The van der Waals surface area contributed by atoms with Gasteiger partial charge in [0.2, 0.25) is 0 Å². The van der Waals surface area contributed by atoms with Crippen molar-refractivity contribution in [3.63, 3.8) is 0 Å². The minimum atomic E-state index is -0.0515. The first-order valence-corrected chi connectivity index (χ1v) is 9.27. The van der Waals surface area contributed by atoms with Crippen molar-refractivity contribution in [3.8, 4) is 0 Å². The fourth-order valence-corrected chi connectivity index (χ4v) is 4.09. The lowest BCUT2D eigenvalue weighted by Crippen LogP contribution is -2.41. The highest BCUT2D eigenvalue weighted by Gasteiger charge is 2.31. The first-order chi connectivity index (χ1) is 12.8. The maximum absolute atomic E-state index is 12.5. The van der Waals surface area contributed by atoms with E-state index < -0.39 is 0 Å². The molecule has 26 heavy (non-hydrogen) atoms. The Labute approximate surface area is 151 Å². The summed E-state index contributed by atoms with van der Waals surface area (Å²) in [5.41, 5.74) is 4.55. The number of fused-ring (bicyclic) bond motifs is 2. The Kier molecular flexibility index (Phi) is 3.87. The van der Waals surface area contributed by atoms with E-state index >= 15 is 0 Å². The zero-order valence-electron chi connectivity index (χ0n) is 14.6. The molecule has 1 aliphatic carbocycles. The molecule has 0 saturated carbocycles. The standard InChI is InChI=1S/C20H22N4O2/c25-20-9-14-2-1-3-17(14)23-24(20)19-12-26-11-18(19)22-10-13-4-5-16-15(8-13)6-7-21-16/h4-9,18-19,21-22H,1-3,10-12H2. The van der Waals surface area contributed by atoms with E-state index in [-0.39, 0.29) is 17.6 Å². The van der Waals surface area contributed by atoms with Gasteiger partial charge in [-0.05, 0) is 54.0 Å². The second kappa shape index (κ2) is 6.37. The molecule has 5 rings (SSSR count). The zero-order chi connectivity index (χ0) is 17.5. The summed E-state index contributed by atoms with van der Waals surface area (Å²) < 4.78 is 7.32. The van der Waals surface area contributed by atoms with Gasteiger partial charge in [0.1, 0.15) is 0 Å². The van der Waals surface area contributed by atoms with Gasteiger partial charge in [-0.15, -0.1) is 0 Å². The molecule has 1 saturated heterocycles. The highest BCUT2D eigenvalue weighted by molar-refractivity contribution is 5.79. The monoisotopic (exact) mass is 350 g/mol. The summed E-state index contributed by atoms with van der Waals surface area (Å²) >= 11 is 0. The number of benzene rings is 1. The summed E-state index contributed by atoms with van der Waals surface area (Å²) in [5.74, 6) is 0. The van der Waals surface area contributed by atoms with Crippen molar-refractivity contribution in [1.82, 2.24) is 20.1 Å². The third-order valence-corrected chi connectivity index (χ3v) is 5.53. The fraction of sp³-hybridized carbons (Fsp3) is 0.400. The van der Waals surface area contributed by atoms with Crippen LogP contribution in [0.15, 0.2) is 41.3 Å². The number of hydrogen-bond donors (Lipinski definition) is 2. The summed E-state index contributed by atoms with van der Waals surface area (Å²) in [4.78, 5) is 15.7. The molecule has 2 unspecified atom stereocenters. The molecule has 2 atom stereocenters. The second-order valence-corrected chi connectivity index (χ2v) is 7.24. The highest BCUT2D eigenvalue weighted by atomic mass is 16.5. The number of aromatic nitrogens is 3. The van der Waals surface area contributed by atoms with E-state index in [9.17, 15) is 4.79 Å². The average Bonchev–Trinajstić information content (AvgIpc) is 3.38. The third-order valence-electron chi connectivity index (χ3n) is 5.53. The maximum Gasteiger partial charge on any atom is 0.267 e. The number of aryl methyl sites for hydroxylation is 2. The third kappa shape index (κ3) is 2.75. The van der Waals surface area contributed by atoms with Crippen molar-refractivity contribution in [2.45, 2.75) is 37.9 Å². The van der Waals surface area contributed by atoms with Gasteiger partial charge >= 0.3 is 0 Å². The fourth-order valence-electron chi connectivity index (χ4n) is 4.09. The normalized spacial score (nSPS) is 22.2. The lowest BCUT2D eigenvalue weighted by atomic mass is 10.1. The van der Waals surface area contributed by atoms with E-state index in [1.807, 2.05) is 6.20 Å². The molecular formula is C20H22N4O2. The average molecular weight is 350 g/mol. The number of H-pyrrole nitrogens is 1. The van der Waals surface area contributed by atoms with Crippen LogP contribution < -0.4 is 10.9 Å². The molecule has 1 fully saturated rings. The van der Waals surface area contributed by atoms with Gasteiger partial charge in [-0.25, -0.2) is 4.68 Å². The van der Waals surface area contributed by atoms with E-state index in [2.05, 4.69) is 39.7 Å². The molecule has 2 aliphatic rings. The van der Waals surface area contributed by atoms with Crippen LogP contribution >= 0.6 is 0 Å². The van der Waals surface area contributed by atoms with Gasteiger partial charge < -0.3 is 15.0 Å². The largest absolute Gasteiger partial charge is 0.377 e. The van der Waals surface area contributed by atoms with Crippen LogP contribution in [0.2, 0.25) is 0 Å². The van der Waals surface area contributed by atoms with Crippen molar-refractivity contribution in [2.75, 3.05) is 13.2 Å². The van der Waals surface area contributed by atoms with Crippen molar-refractivity contribution >= 4 is 10.9 Å². The second-order valence-electron chi connectivity index (χ2n) is 7.24. The molecule has 3 heterocycles. The van der Waals surface area contributed by atoms with Crippen LogP contribution in [0.5, 0.6) is 0 Å². The Morgan fingerprint density at radius 1 is 1.23 bits per heavy atom. The molecule has 1 aromatic carbocycles. The van der Waals surface area contributed by atoms with E-state index in [4.69, 9.17) is 4.74 Å². The minimum Gasteiger partial charge on any atom is -0.377 e. The first kappa shape index (κ1) is 15.8. The van der Waals surface area contributed by atoms with E-state index in [1.165, 1.54) is 10.9 Å². The number of hydrogen-bond acceptors (Lipinski definition) is 4. The molecule has 1 aliphatic heterocycles. The molecule has 0 amide bonds. The number of rotatable bonds is 4. The summed E-state index contributed by atoms with van der Waals surface area (Å²) in [6.07, 6.45) is 4.99. The van der Waals surface area contributed by atoms with Crippen molar-refractivity contribution in [3.05, 3.63) is 63.7 Å². The van der Waals surface area contributed by atoms with Crippen LogP contribution in [0.1, 0.15) is 29.3 Å². The van der Waals surface area contributed by atoms with Gasteiger partial charge in [0.15, 0.2) is 0 Å². The van der Waals surface area contributed by atoms with E-state index in [1.54, 1.807) is 10.7 Å². The topological polar surface area (TPSA) is 71.9 Å². The van der Waals surface area contributed by atoms with Crippen LogP contribution in [0.25, 0.3) is 10.9 Å².